The van der Waals surface area contributed by atoms with E-state index >= 15 is 0 Å². The van der Waals surface area contributed by atoms with E-state index < -0.39 is 5.91 Å². The van der Waals surface area contributed by atoms with Gasteiger partial charge in [-0.05, 0) is 55.3 Å². The van der Waals surface area contributed by atoms with E-state index in [0.717, 1.165) is 17.8 Å². The summed E-state index contributed by atoms with van der Waals surface area (Å²) in [5.41, 5.74) is 1.06. The average molecular weight is 441 g/mol. The summed E-state index contributed by atoms with van der Waals surface area (Å²) < 4.78 is 18.2. The number of nitrogens with one attached hydrogen (secondary N) is 1. The lowest BCUT2D eigenvalue weighted by atomic mass is 9.98. The molecule has 1 aromatic heterocycles. The number of carbonyl (C=O) groups excluding carboxylic acids is 2. The second-order valence-corrected chi connectivity index (χ2v) is 8.24. The Morgan fingerprint density at radius 1 is 1.19 bits per heavy atom. The minimum Gasteiger partial charge on any atom is -0.497 e. The third-order valence-electron chi connectivity index (χ3n) is 5.11. The number of halogens is 1. The van der Waals surface area contributed by atoms with Crippen LogP contribution in [0, 0.1) is 5.82 Å². The molecule has 2 amide bonds. The molecule has 1 N–H and O–H groups in total. The predicted molar refractivity (Wildman–Crippen MR) is 115 cm³/mol. The van der Waals surface area contributed by atoms with Gasteiger partial charge in [0.2, 0.25) is 5.01 Å². The normalized spacial score (nSPS) is 16.1. The largest absolute Gasteiger partial charge is 0.497 e. The number of ether oxygens (including phenoxy) is 1. The Morgan fingerprint density at radius 2 is 2.00 bits per heavy atom. The van der Waals surface area contributed by atoms with Crippen molar-refractivity contribution in [3.8, 4) is 5.75 Å². The summed E-state index contributed by atoms with van der Waals surface area (Å²) in [6.45, 7) is 1.19. The summed E-state index contributed by atoms with van der Waals surface area (Å²) in [6.07, 6.45) is 1.72. The van der Waals surface area contributed by atoms with Gasteiger partial charge in [-0.15, -0.1) is 10.2 Å². The van der Waals surface area contributed by atoms with Crippen LogP contribution in [0.4, 0.5) is 10.1 Å². The van der Waals surface area contributed by atoms with Crippen LogP contribution in [0.3, 0.4) is 0 Å². The van der Waals surface area contributed by atoms with Gasteiger partial charge in [0.15, 0.2) is 0 Å². The van der Waals surface area contributed by atoms with Crippen molar-refractivity contribution in [2.75, 3.05) is 25.5 Å². The first-order valence-corrected chi connectivity index (χ1v) is 10.7. The van der Waals surface area contributed by atoms with Crippen LogP contribution in [0.2, 0.25) is 0 Å². The van der Waals surface area contributed by atoms with Crippen molar-refractivity contribution >= 4 is 28.8 Å². The van der Waals surface area contributed by atoms with E-state index in [-0.39, 0.29) is 22.6 Å². The molecule has 0 radical (unpaired) electrons. The number of nitrogens with zero attached hydrogens (tertiary/aromatic N) is 3. The van der Waals surface area contributed by atoms with Crippen LogP contribution in [-0.4, -0.2) is 47.1 Å². The number of anilines is 1. The number of piperidine rings is 1. The second-order valence-electron chi connectivity index (χ2n) is 7.23. The van der Waals surface area contributed by atoms with Crippen LogP contribution >= 0.6 is 11.3 Å². The van der Waals surface area contributed by atoms with Gasteiger partial charge in [0, 0.05) is 30.3 Å². The van der Waals surface area contributed by atoms with Crippen molar-refractivity contribution in [1.29, 1.82) is 0 Å². The third kappa shape index (κ3) is 4.88. The average Bonchev–Trinajstić information content (AvgIpc) is 3.31. The molecule has 1 aliphatic rings. The molecule has 9 heteroatoms. The van der Waals surface area contributed by atoms with Crippen LogP contribution < -0.4 is 10.1 Å². The van der Waals surface area contributed by atoms with Crippen LogP contribution in [0.15, 0.2) is 48.5 Å². The molecule has 0 aliphatic carbocycles. The highest BCUT2D eigenvalue weighted by Gasteiger charge is 2.28. The van der Waals surface area contributed by atoms with Gasteiger partial charge in [-0.25, -0.2) is 4.39 Å². The van der Waals surface area contributed by atoms with Gasteiger partial charge >= 0.3 is 0 Å². The fraction of sp³-hybridized carbons (Fsp3) is 0.273. The molecular formula is C22H21FN4O3S. The Morgan fingerprint density at radius 3 is 2.77 bits per heavy atom. The first-order valence-electron chi connectivity index (χ1n) is 9.87. The minimum absolute atomic E-state index is 0.0215. The number of amides is 2. The number of likely N-dealkylation sites (tertiary alicyclic amines) is 1. The quantitative estimate of drug-likeness (QED) is 0.649. The smallest absolute Gasteiger partial charge is 0.286 e. The second kappa shape index (κ2) is 9.22. The molecule has 2 aromatic carbocycles. The zero-order chi connectivity index (χ0) is 21.8. The van der Waals surface area contributed by atoms with Gasteiger partial charge in [-0.1, -0.05) is 17.4 Å². The van der Waals surface area contributed by atoms with Gasteiger partial charge < -0.3 is 15.0 Å². The van der Waals surface area contributed by atoms with Crippen LogP contribution in [0.25, 0.3) is 0 Å². The van der Waals surface area contributed by atoms with Crippen molar-refractivity contribution < 1.29 is 18.7 Å². The number of rotatable bonds is 5. The molecule has 0 bridgehead atoms. The molecule has 0 unspecified atom stereocenters. The Bertz CT molecular complexity index is 1090. The Balaban J connectivity index is 1.42. The topological polar surface area (TPSA) is 84.4 Å². The predicted octanol–water partition coefficient (Wildman–Crippen LogP) is 3.96. The van der Waals surface area contributed by atoms with Crippen molar-refractivity contribution in [3.05, 3.63) is 69.9 Å². The highest BCUT2D eigenvalue weighted by molar-refractivity contribution is 7.13. The van der Waals surface area contributed by atoms with Crippen molar-refractivity contribution in [3.63, 3.8) is 0 Å². The number of benzene rings is 2. The maximum atomic E-state index is 13.0. The SMILES string of the molecule is COc1cccc(C(=O)N2CCC[C@H](c3nnc(C(=O)Nc4ccc(F)cc4)s3)C2)c1. The molecule has 0 saturated carbocycles. The lowest BCUT2D eigenvalue weighted by Crippen LogP contribution is -2.39. The fourth-order valence-electron chi connectivity index (χ4n) is 3.51. The van der Waals surface area contributed by atoms with E-state index in [1.165, 1.54) is 35.6 Å². The molecule has 0 spiro atoms. The molecular weight excluding hydrogens is 419 g/mol. The standard InChI is InChI=1S/C22H21FN4O3S/c1-30-18-6-2-4-14(12-18)22(29)27-11-3-5-15(13-27)20-25-26-21(31-20)19(28)24-17-9-7-16(23)8-10-17/h2,4,6-10,12,15H,3,5,11,13H2,1H3,(H,24,28)/t15-/m0/s1. The molecule has 1 atom stereocenters. The Labute approximate surface area is 182 Å². The maximum absolute atomic E-state index is 13.0. The van der Waals surface area contributed by atoms with Gasteiger partial charge in [0.25, 0.3) is 11.8 Å². The van der Waals surface area contributed by atoms with E-state index in [1.807, 2.05) is 4.90 Å². The summed E-state index contributed by atoms with van der Waals surface area (Å²) >= 11 is 1.22. The van der Waals surface area contributed by atoms with Gasteiger partial charge in [0.1, 0.15) is 16.6 Å². The highest BCUT2D eigenvalue weighted by atomic mass is 32.1. The maximum Gasteiger partial charge on any atom is 0.286 e. The van der Waals surface area contributed by atoms with E-state index in [2.05, 4.69) is 15.5 Å². The molecule has 1 saturated heterocycles. The number of carbonyl (C=O) groups is 2. The van der Waals surface area contributed by atoms with E-state index in [9.17, 15) is 14.0 Å². The number of hydrogen-bond donors (Lipinski definition) is 1. The first-order chi connectivity index (χ1) is 15.0. The molecule has 160 valence electrons. The highest BCUT2D eigenvalue weighted by Crippen LogP contribution is 2.30. The van der Waals surface area contributed by atoms with Crippen molar-refractivity contribution in [2.24, 2.45) is 0 Å². The van der Waals surface area contributed by atoms with Crippen molar-refractivity contribution in [2.45, 2.75) is 18.8 Å². The molecule has 1 aliphatic heterocycles. The molecule has 3 aromatic rings. The molecule has 31 heavy (non-hydrogen) atoms. The number of hydrogen-bond acceptors (Lipinski definition) is 6. The van der Waals surface area contributed by atoms with Crippen LogP contribution in [-0.2, 0) is 0 Å². The minimum atomic E-state index is -0.393. The third-order valence-corrected chi connectivity index (χ3v) is 6.20. The summed E-state index contributed by atoms with van der Waals surface area (Å²) in [4.78, 5) is 27.2. The van der Waals surface area contributed by atoms with Gasteiger partial charge in [-0.2, -0.15) is 0 Å². The molecule has 1 fully saturated rings. The van der Waals surface area contributed by atoms with E-state index in [4.69, 9.17) is 4.74 Å². The lowest BCUT2D eigenvalue weighted by molar-refractivity contribution is 0.0706. The van der Waals surface area contributed by atoms with E-state index in [0.29, 0.717) is 30.1 Å². The number of methoxy groups -OCH3 is 1. The summed E-state index contributed by atoms with van der Waals surface area (Å²) in [7, 11) is 1.57. The van der Waals surface area contributed by atoms with Gasteiger partial charge in [-0.3, -0.25) is 9.59 Å². The zero-order valence-electron chi connectivity index (χ0n) is 16.9. The van der Waals surface area contributed by atoms with Crippen LogP contribution in [0.5, 0.6) is 5.75 Å². The summed E-state index contributed by atoms with van der Waals surface area (Å²) in [5.74, 6) is -0.159. The van der Waals surface area contributed by atoms with Crippen LogP contribution in [0.1, 0.15) is 43.9 Å². The lowest BCUT2D eigenvalue weighted by Gasteiger charge is -2.31. The zero-order valence-corrected chi connectivity index (χ0v) is 17.7. The Kier molecular flexibility index (Phi) is 6.22. The summed E-state index contributed by atoms with van der Waals surface area (Å²) in [5, 5.41) is 11.9. The molecule has 2 heterocycles. The number of aromatic nitrogens is 2. The summed E-state index contributed by atoms with van der Waals surface area (Å²) in [6, 6.07) is 12.6. The fourth-order valence-corrected chi connectivity index (χ4v) is 4.38. The van der Waals surface area contributed by atoms with Crippen molar-refractivity contribution in [1.82, 2.24) is 15.1 Å². The Hall–Kier alpha value is -3.33. The monoisotopic (exact) mass is 440 g/mol. The molecule has 4 rings (SSSR count). The van der Waals surface area contributed by atoms with Gasteiger partial charge in [0.05, 0.1) is 7.11 Å². The first kappa shape index (κ1) is 20.9. The molecule has 7 nitrogen and oxygen atoms in total. The van der Waals surface area contributed by atoms with E-state index in [1.54, 1.807) is 31.4 Å².